The third-order valence-corrected chi connectivity index (χ3v) is 5.17. The van der Waals surface area contributed by atoms with E-state index < -0.39 is 15.8 Å². The molecule has 1 amide bonds. The molecular weight excluding hydrogens is 264 g/mol. The molecule has 19 heavy (non-hydrogen) atoms. The van der Waals surface area contributed by atoms with Crippen molar-refractivity contribution in [2.75, 3.05) is 22.6 Å². The molecule has 3 N–H and O–H groups in total. The predicted molar refractivity (Wildman–Crippen MR) is 75.6 cm³/mol. The van der Waals surface area contributed by atoms with Gasteiger partial charge in [-0.2, -0.15) is 0 Å². The molecule has 1 heterocycles. The first-order valence-corrected chi connectivity index (χ1v) is 8.13. The van der Waals surface area contributed by atoms with Crippen LogP contribution in [-0.2, 0) is 21.1 Å². The molecule has 2 rings (SSSR count). The lowest BCUT2D eigenvalue weighted by Crippen LogP contribution is -2.23. The largest absolute Gasteiger partial charge is 0.398 e. The van der Waals surface area contributed by atoms with Gasteiger partial charge in [-0.3, -0.25) is 4.79 Å². The number of amides is 1. The van der Waals surface area contributed by atoms with E-state index >= 15 is 0 Å². The molecule has 1 aliphatic heterocycles. The lowest BCUT2D eigenvalue weighted by Gasteiger charge is -2.11. The number of hydrogen-bond acceptors (Lipinski definition) is 4. The summed E-state index contributed by atoms with van der Waals surface area (Å²) < 4.78 is 22.7. The van der Waals surface area contributed by atoms with Gasteiger partial charge in [-0.1, -0.05) is 13.0 Å². The highest BCUT2D eigenvalue weighted by atomic mass is 32.2. The molecule has 6 heteroatoms. The van der Waals surface area contributed by atoms with Gasteiger partial charge in [-0.25, -0.2) is 8.42 Å². The first-order valence-electron chi connectivity index (χ1n) is 6.31. The van der Waals surface area contributed by atoms with Crippen molar-refractivity contribution in [1.29, 1.82) is 0 Å². The fourth-order valence-electron chi connectivity index (χ4n) is 2.24. The Balaban J connectivity index is 2.05. The molecule has 5 nitrogen and oxygen atoms in total. The maximum Gasteiger partial charge on any atom is 0.228 e. The van der Waals surface area contributed by atoms with Gasteiger partial charge in [0.1, 0.15) is 0 Å². The van der Waals surface area contributed by atoms with E-state index in [0.29, 0.717) is 17.8 Å². The van der Waals surface area contributed by atoms with Gasteiger partial charge in [-0.05, 0) is 30.5 Å². The second-order valence-corrected chi connectivity index (χ2v) is 7.09. The van der Waals surface area contributed by atoms with Crippen molar-refractivity contribution >= 4 is 27.1 Å². The number of aryl methyl sites for hydroxylation is 1. The fraction of sp³-hybridized carbons (Fsp3) is 0.462. The van der Waals surface area contributed by atoms with E-state index in [0.717, 1.165) is 12.0 Å². The maximum absolute atomic E-state index is 12.0. The van der Waals surface area contributed by atoms with Gasteiger partial charge < -0.3 is 11.1 Å². The van der Waals surface area contributed by atoms with Crippen LogP contribution in [0.1, 0.15) is 18.9 Å². The molecule has 1 fully saturated rings. The van der Waals surface area contributed by atoms with E-state index in [-0.39, 0.29) is 17.4 Å². The molecule has 1 unspecified atom stereocenters. The molecule has 1 aromatic rings. The summed E-state index contributed by atoms with van der Waals surface area (Å²) in [6.45, 7) is 2.01. The number of nitrogen functional groups attached to an aromatic ring is 1. The van der Waals surface area contributed by atoms with Gasteiger partial charge in [0.15, 0.2) is 9.84 Å². The number of nitrogens with two attached hydrogens (primary N) is 1. The van der Waals surface area contributed by atoms with Crippen LogP contribution in [0.25, 0.3) is 0 Å². The van der Waals surface area contributed by atoms with Crippen LogP contribution in [0.4, 0.5) is 11.4 Å². The summed E-state index contributed by atoms with van der Waals surface area (Å²) in [5.41, 5.74) is 8.14. The Kier molecular flexibility index (Phi) is 3.80. The quantitative estimate of drug-likeness (QED) is 0.815. The number of benzene rings is 1. The number of carbonyl (C=O) groups is 1. The Bertz CT molecular complexity index is 596. The van der Waals surface area contributed by atoms with E-state index in [4.69, 9.17) is 5.73 Å². The van der Waals surface area contributed by atoms with E-state index in [1.807, 2.05) is 13.0 Å². The first kappa shape index (κ1) is 13.9. The van der Waals surface area contributed by atoms with Gasteiger partial charge in [-0.15, -0.1) is 0 Å². The molecule has 0 spiro atoms. The summed E-state index contributed by atoms with van der Waals surface area (Å²) >= 11 is 0. The Hall–Kier alpha value is -1.56. The number of sulfone groups is 1. The van der Waals surface area contributed by atoms with Gasteiger partial charge in [0, 0.05) is 11.4 Å². The monoisotopic (exact) mass is 282 g/mol. The fourth-order valence-corrected chi connectivity index (χ4v) is 3.98. The molecule has 1 atom stereocenters. The lowest BCUT2D eigenvalue weighted by atomic mass is 10.1. The number of rotatable bonds is 3. The molecule has 0 saturated carbocycles. The minimum absolute atomic E-state index is 0.0542. The van der Waals surface area contributed by atoms with Crippen molar-refractivity contribution in [2.24, 2.45) is 5.92 Å². The number of hydrogen-bond donors (Lipinski definition) is 2. The Morgan fingerprint density at radius 2 is 2.21 bits per heavy atom. The molecular formula is C13H18N2O3S. The maximum atomic E-state index is 12.0. The van der Waals surface area contributed by atoms with E-state index in [1.165, 1.54) is 0 Å². The van der Waals surface area contributed by atoms with Crippen LogP contribution in [0.2, 0.25) is 0 Å². The minimum Gasteiger partial charge on any atom is -0.398 e. The van der Waals surface area contributed by atoms with Crippen LogP contribution in [0.15, 0.2) is 18.2 Å². The molecule has 0 radical (unpaired) electrons. The standard InChI is InChI=1S/C13H18N2O3S/c1-2-9-3-4-11(7-12(9)14)15-13(16)10-5-6-19(17,18)8-10/h3-4,7,10H,2,5-6,8,14H2,1H3,(H,15,16). The zero-order chi connectivity index (χ0) is 14.0. The normalized spacial score (nSPS) is 21.2. The van der Waals surface area contributed by atoms with Gasteiger partial charge in [0.2, 0.25) is 5.91 Å². The third kappa shape index (κ3) is 3.26. The van der Waals surface area contributed by atoms with Crippen LogP contribution < -0.4 is 11.1 Å². The lowest BCUT2D eigenvalue weighted by molar-refractivity contribution is -0.119. The minimum atomic E-state index is -3.04. The van der Waals surface area contributed by atoms with Crippen molar-refractivity contribution in [3.8, 4) is 0 Å². The number of anilines is 2. The SMILES string of the molecule is CCc1ccc(NC(=O)C2CCS(=O)(=O)C2)cc1N. The number of nitrogens with one attached hydrogen (secondary N) is 1. The molecule has 1 saturated heterocycles. The molecule has 1 aromatic carbocycles. The summed E-state index contributed by atoms with van der Waals surface area (Å²) in [6, 6.07) is 5.37. The van der Waals surface area contributed by atoms with E-state index in [9.17, 15) is 13.2 Å². The van der Waals surface area contributed by atoms with E-state index in [2.05, 4.69) is 5.32 Å². The van der Waals surface area contributed by atoms with Crippen LogP contribution in [0, 0.1) is 5.92 Å². The Morgan fingerprint density at radius 1 is 1.47 bits per heavy atom. The van der Waals surface area contributed by atoms with Crippen LogP contribution >= 0.6 is 0 Å². The van der Waals surface area contributed by atoms with Crippen molar-refractivity contribution in [1.82, 2.24) is 0 Å². The van der Waals surface area contributed by atoms with Gasteiger partial charge in [0.05, 0.1) is 17.4 Å². The number of carbonyl (C=O) groups excluding carboxylic acids is 1. The summed E-state index contributed by atoms with van der Waals surface area (Å²) in [5, 5.41) is 2.73. The second kappa shape index (κ2) is 5.21. The smallest absolute Gasteiger partial charge is 0.228 e. The van der Waals surface area contributed by atoms with E-state index in [1.54, 1.807) is 12.1 Å². The van der Waals surface area contributed by atoms with Crippen LogP contribution in [0.5, 0.6) is 0 Å². The average Bonchev–Trinajstić information content (AvgIpc) is 2.70. The topological polar surface area (TPSA) is 89.3 Å². The van der Waals surface area contributed by atoms with Crippen LogP contribution in [0.3, 0.4) is 0 Å². The molecule has 0 bridgehead atoms. The summed E-state index contributed by atoms with van der Waals surface area (Å²) in [7, 11) is -3.04. The van der Waals surface area contributed by atoms with Crippen molar-refractivity contribution < 1.29 is 13.2 Å². The molecule has 104 valence electrons. The van der Waals surface area contributed by atoms with Crippen molar-refractivity contribution in [3.63, 3.8) is 0 Å². The second-order valence-electron chi connectivity index (χ2n) is 4.86. The average molecular weight is 282 g/mol. The molecule has 0 aromatic heterocycles. The van der Waals surface area contributed by atoms with Crippen molar-refractivity contribution in [2.45, 2.75) is 19.8 Å². The zero-order valence-corrected chi connectivity index (χ0v) is 11.7. The third-order valence-electron chi connectivity index (χ3n) is 3.40. The first-order chi connectivity index (χ1) is 8.91. The Labute approximate surface area is 113 Å². The van der Waals surface area contributed by atoms with Crippen molar-refractivity contribution in [3.05, 3.63) is 23.8 Å². The highest BCUT2D eigenvalue weighted by Crippen LogP contribution is 2.22. The summed E-state index contributed by atoms with van der Waals surface area (Å²) in [6.07, 6.45) is 1.23. The summed E-state index contributed by atoms with van der Waals surface area (Å²) in [5.74, 6) is -0.648. The van der Waals surface area contributed by atoms with Gasteiger partial charge in [0.25, 0.3) is 0 Å². The molecule has 0 aliphatic carbocycles. The molecule has 1 aliphatic rings. The Morgan fingerprint density at radius 3 is 2.74 bits per heavy atom. The zero-order valence-electron chi connectivity index (χ0n) is 10.8. The van der Waals surface area contributed by atoms with Crippen LogP contribution in [-0.4, -0.2) is 25.8 Å². The van der Waals surface area contributed by atoms with Gasteiger partial charge >= 0.3 is 0 Å². The summed E-state index contributed by atoms with van der Waals surface area (Å²) in [4.78, 5) is 12.0. The highest BCUT2D eigenvalue weighted by molar-refractivity contribution is 7.91. The predicted octanol–water partition coefficient (Wildman–Crippen LogP) is 1.20. The highest BCUT2D eigenvalue weighted by Gasteiger charge is 2.32.